The normalized spacial score (nSPS) is 10.8. The van der Waals surface area contributed by atoms with Crippen LogP contribution < -0.4 is 4.74 Å². The Labute approximate surface area is 171 Å². The van der Waals surface area contributed by atoms with Crippen molar-refractivity contribution in [3.05, 3.63) is 57.3 Å². The number of aryl methyl sites for hydroxylation is 1. The number of halogens is 1. The van der Waals surface area contributed by atoms with E-state index >= 15 is 0 Å². The van der Waals surface area contributed by atoms with Gasteiger partial charge in [0.05, 0.1) is 15.7 Å². The number of carbonyl (C=O) groups excluding carboxylic acids is 1. The SMILES string of the molecule is CCOC(=O)c1nc2ccccc2c(-c2cc(OCOC)ccc2C)c1I. The van der Waals surface area contributed by atoms with Crippen molar-refractivity contribution < 1.29 is 19.0 Å². The van der Waals surface area contributed by atoms with Crippen LogP contribution in [0, 0.1) is 10.5 Å². The lowest BCUT2D eigenvalue weighted by Crippen LogP contribution is -2.11. The highest BCUT2D eigenvalue weighted by Crippen LogP contribution is 2.37. The number of methoxy groups -OCH3 is 1. The maximum absolute atomic E-state index is 12.5. The highest BCUT2D eigenvalue weighted by Gasteiger charge is 2.21. The van der Waals surface area contributed by atoms with Gasteiger partial charge in [0.25, 0.3) is 0 Å². The van der Waals surface area contributed by atoms with Gasteiger partial charge in [-0.2, -0.15) is 0 Å². The van der Waals surface area contributed by atoms with Gasteiger partial charge in [0.1, 0.15) is 5.75 Å². The maximum atomic E-state index is 12.5. The van der Waals surface area contributed by atoms with Crippen molar-refractivity contribution in [3.63, 3.8) is 0 Å². The molecule has 0 N–H and O–H groups in total. The minimum Gasteiger partial charge on any atom is -0.468 e. The van der Waals surface area contributed by atoms with E-state index in [0.717, 1.165) is 31.2 Å². The largest absolute Gasteiger partial charge is 0.468 e. The molecule has 1 aromatic heterocycles. The van der Waals surface area contributed by atoms with Crippen LogP contribution in [-0.4, -0.2) is 31.5 Å². The molecule has 0 aliphatic heterocycles. The van der Waals surface area contributed by atoms with Gasteiger partial charge in [-0.25, -0.2) is 9.78 Å². The molecule has 27 heavy (non-hydrogen) atoms. The molecule has 0 saturated heterocycles. The number of esters is 1. The van der Waals surface area contributed by atoms with Crippen molar-refractivity contribution in [2.45, 2.75) is 13.8 Å². The van der Waals surface area contributed by atoms with Gasteiger partial charge < -0.3 is 14.2 Å². The number of benzene rings is 2. The topological polar surface area (TPSA) is 57.7 Å². The Hall–Kier alpha value is -2.19. The summed E-state index contributed by atoms with van der Waals surface area (Å²) in [5.74, 6) is 0.283. The molecule has 0 atom stereocenters. The first-order valence-electron chi connectivity index (χ1n) is 8.55. The lowest BCUT2D eigenvalue weighted by molar-refractivity contribution is 0.0510. The fourth-order valence-corrected chi connectivity index (χ4v) is 3.80. The molecule has 0 radical (unpaired) electrons. The van der Waals surface area contributed by atoms with E-state index in [1.165, 1.54) is 0 Å². The van der Waals surface area contributed by atoms with Gasteiger partial charge in [0.15, 0.2) is 12.5 Å². The standard InChI is InChI=1S/C21H20INO4/c1-4-26-21(24)20-19(22)18(15-7-5-6-8-17(15)23-20)16-11-14(27-12-25-3)10-9-13(16)2/h5-11H,4,12H2,1-3H3. The van der Waals surface area contributed by atoms with Crippen LogP contribution in [0.15, 0.2) is 42.5 Å². The summed E-state index contributed by atoms with van der Waals surface area (Å²) in [7, 11) is 1.58. The zero-order valence-corrected chi connectivity index (χ0v) is 17.6. The van der Waals surface area contributed by atoms with Crippen LogP contribution in [0.1, 0.15) is 23.0 Å². The van der Waals surface area contributed by atoms with Crippen molar-refractivity contribution in [1.29, 1.82) is 0 Å². The van der Waals surface area contributed by atoms with Gasteiger partial charge in [-0.15, -0.1) is 0 Å². The van der Waals surface area contributed by atoms with Gasteiger partial charge >= 0.3 is 5.97 Å². The van der Waals surface area contributed by atoms with Gasteiger partial charge in [0.2, 0.25) is 0 Å². The summed E-state index contributed by atoms with van der Waals surface area (Å²) in [6.45, 7) is 4.29. The van der Waals surface area contributed by atoms with Crippen molar-refractivity contribution in [2.75, 3.05) is 20.5 Å². The smallest absolute Gasteiger partial charge is 0.358 e. The predicted molar refractivity (Wildman–Crippen MR) is 113 cm³/mol. The fraction of sp³-hybridized carbons (Fsp3) is 0.238. The minimum atomic E-state index is -0.418. The van der Waals surface area contributed by atoms with Crippen molar-refractivity contribution in [2.24, 2.45) is 0 Å². The van der Waals surface area contributed by atoms with Gasteiger partial charge in [-0.05, 0) is 65.8 Å². The van der Waals surface area contributed by atoms with Crippen LogP contribution in [0.3, 0.4) is 0 Å². The summed E-state index contributed by atoms with van der Waals surface area (Å²) in [5, 5.41) is 0.974. The Balaban J connectivity index is 2.27. The Morgan fingerprint density at radius 2 is 1.96 bits per heavy atom. The monoisotopic (exact) mass is 477 g/mol. The molecule has 0 saturated carbocycles. The van der Waals surface area contributed by atoms with Crippen LogP contribution in [0.25, 0.3) is 22.0 Å². The van der Waals surface area contributed by atoms with Crippen LogP contribution >= 0.6 is 22.6 Å². The number of fused-ring (bicyclic) bond motifs is 1. The van der Waals surface area contributed by atoms with E-state index < -0.39 is 5.97 Å². The molecule has 0 aliphatic carbocycles. The molecule has 0 aliphatic rings. The molecule has 0 bridgehead atoms. The number of pyridine rings is 1. The van der Waals surface area contributed by atoms with Gasteiger partial charge in [0, 0.05) is 18.1 Å². The second-order valence-electron chi connectivity index (χ2n) is 5.91. The highest BCUT2D eigenvalue weighted by atomic mass is 127. The molecule has 1 heterocycles. The summed E-state index contributed by atoms with van der Waals surface area (Å²) < 4.78 is 16.6. The molecule has 3 aromatic rings. The van der Waals surface area contributed by atoms with Crippen LogP contribution in [0.4, 0.5) is 0 Å². The summed E-state index contributed by atoms with van der Waals surface area (Å²) >= 11 is 2.18. The first-order valence-corrected chi connectivity index (χ1v) is 9.62. The summed E-state index contributed by atoms with van der Waals surface area (Å²) in [6, 6.07) is 13.7. The second kappa shape index (κ2) is 8.67. The van der Waals surface area contributed by atoms with Gasteiger partial charge in [-0.3, -0.25) is 0 Å². The average molecular weight is 477 g/mol. The second-order valence-corrected chi connectivity index (χ2v) is 6.99. The lowest BCUT2D eigenvalue weighted by atomic mass is 9.96. The Morgan fingerprint density at radius 3 is 2.70 bits per heavy atom. The van der Waals surface area contributed by atoms with E-state index in [2.05, 4.69) is 27.6 Å². The summed E-state index contributed by atoms with van der Waals surface area (Å²) in [4.78, 5) is 17.0. The fourth-order valence-electron chi connectivity index (χ4n) is 2.87. The van der Waals surface area contributed by atoms with E-state index in [9.17, 15) is 4.79 Å². The number of ether oxygens (including phenoxy) is 3. The van der Waals surface area contributed by atoms with Crippen molar-refractivity contribution in [3.8, 4) is 16.9 Å². The third kappa shape index (κ3) is 4.06. The first-order chi connectivity index (χ1) is 13.1. The quantitative estimate of drug-likeness (QED) is 0.285. The number of rotatable bonds is 6. The molecule has 0 amide bonds. The van der Waals surface area contributed by atoms with Crippen molar-refractivity contribution >= 4 is 39.5 Å². The molecular weight excluding hydrogens is 457 g/mol. The lowest BCUT2D eigenvalue weighted by Gasteiger charge is -2.16. The molecule has 140 valence electrons. The van der Waals surface area contributed by atoms with Crippen LogP contribution in [0.5, 0.6) is 5.75 Å². The van der Waals surface area contributed by atoms with E-state index in [-0.39, 0.29) is 6.79 Å². The zero-order chi connectivity index (χ0) is 19.4. The highest BCUT2D eigenvalue weighted by molar-refractivity contribution is 14.1. The maximum Gasteiger partial charge on any atom is 0.358 e. The third-order valence-electron chi connectivity index (χ3n) is 4.12. The number of aromatic nitrogens is 1. The Bertz CT molecular complexity index is 987. The molecule has 6 heteroatoms. The molecule has 0 spiro atoms. The number of carbonyl (C=O) groups is 1. The number of hydrogen-bond donors (Lipinski definition) is 0. The third-order valence-corrected chi connectivity index (χ3v) is 5.17. The Morgan fingerprint density at radius 1 is 1.19 bits per heavy atom. The number of para-hydroxylation sites is 1. The van der Waals surface area contributed by atoms with Crippen LogP contribution in [0.2, 0.25) is 0 Å². The van der Waals surface area contributed by atoms with E-state index in [4.69, 9.17) is 14.2 Å². The zero-order valence-electron chi connectivity index (χ0n) is 15.4. The predicted octanol–water partition coefficient (Wildman–Crippen LogP) is 4.97. The van der Waals surface area contributed by atoms with Crippen LogP contribution in [-0.2, 0) is 9.47 Å². The Kier molecular flexibility index (Phi) is 6.28. The molecule has 2 aromatic carbocycles. The van der Waals surface area contributed by atoms with E-state index in [1.54, 1.807) is 14.0 Å². The molecule has 5 nitrogen and oxygen atoms in total. The van der Waals surface area contributed by atoms with E-state index in [1.807, 2.05) is 49.4 Å². The average Bonchev–Trinajstić information content (AvgIpc) is 2.67. The van der Waals surface area contributed by atoms with Crippen molar-refractivity contribution in [1.82, 2.24) is 4.98 Å². The summed E-state index contributed by atoms with van der Waals surface area (Å²) in [5.41, 5.74) is 4.08. The number of nitrogens with zero attached hydrogens (tertiary/aromatic N) is 1. The minimum absolute atomic E-state index is 0.171. The molecule has 3 rings (SSSR count). The number of hydrogen-bond acceptors (Lipinski definition) is 5. The first kappa shape index (κ1) is 19.6. The molecule has 0 unspecified atom stereocenters. The van der Waals surface area contributed by atoms with Gasteiger partial charge in [-0.1, -0.05) is 24.3 Å². The molecule has 0 fully saturated rings. The molecular formula is C21H20INO4. The summed E-state index contributed by atoms with van der Waals surface area (Å²) in [6.07, 6.45) is 0. The van der Waals surface area contributed by atoms with E-state index in [0.29, 0.717) is 18.1 Å².